The second kappa shape index (κ2) is 6.74. The predicted molar refractivity (Wildman–Crippen MR) is 91.6 cm³/mol. The fourth-order valence-electron chi connectivity index (χ4n) is 2.68. The molecular formula is C17H20N4O3. The van der Waals surface area contributed by atoms with Gasteiger partial charge in [0.1, 0.15) is 0 Å². The van der Waals surface area contributed by atoms with E-state index in [9.17, 15) is 9.90 Å². The highest BCUT2D eigenvalue weighted by Gasteiger charge is 2.27. The number of nitrogens with one attached hydrogen (secondary N) is 1. The van der Waals surface area contributed by atoms with Crippen LogP contribution in [0.1, 0.15) is 13.8 Å². The summed E-state index contributed by atoms with van der Waals surface area (Å²) in [7, 11) is 0. The van der Waals surface area contributed by atoms with Gasteiger partial charge in [-0.2, -0.15) is 0 Å². The maximum absolute atomic E-state index is 11.2. The van der Waals surface area contributed by atoms with Crippen LogP contribution in [0.15, 0.2) is 30.6 Å². The van der Waals surface area contributed by atoms with Gasteiger partial charge in [-0.25, -0.2) is 14.8 Å². The molecule has 2 N–H and O–H groups in total. The van der Waals surface area contributed by atoms with Crippen molar-refractivity contribution >= 4 is 17.6 Å². The van der Waals surface area contributed by atoms with Crippen molar-refractivity contribution in [2.45, 2.75) is 20.0 Å². The van der Waals surface area contributed by atoms with Crippen LogP contribution in [0.25, 0.3) is 11.1 Å². The Morgan fingerprint density at radius 2 is 2.04 bits per heavy atom. The van der Waals surface area contributed by atoms with Gasteiger partial charge in [0.05, 0.1) is 12.2 Å². The molecule has 0 saturated carbocycles. The van der Waals surface area contributed by atoms with E-state index in [0.717, 1.165) is 29.9 Å². The predicted octanol–water partition coefficient (Wildman–Crippen LogP) is 2.25. The van der Waals surface area contributed by atoms with E-state index in [1.165, 1.54) is 0 Å². The Morgan fingerprint density at radius 3 is 2.67 bits per heavy atom. The minimum Gasteiger partial charge on any atom is -0.478 e. The summed E-state index contributed by atoms with van der Waals surface area (Å²) < 4.78 is 5.67. The zero-order valence-electron chi connectivity index (χ0n) is 13.7. The van der Waals surface area contributed by atoms with Crippen LogP contribution >= 0.6 is 0 Å². The van der Waals surface area contributed by atoms with Crippen molar-refractivity contribution in [2.24, 2.45) is 0 Å². The lowest BCUT2D eigenvalue weighted by Gasteiger charge is -2.26. The summed E-state index contributed by atoms with van der Waals surface area (Å²) in [5, 5.41) is 12.3. The average molecular weight is 328 g/mol. The van der Waals surface area contributed by atoms with Crippen LogP contribution < -0.4 is 15.0 Å². The molecule has 126 valence electrons. The Hall–Kier alpha value is -2.83. The molecule has 24 heavy (non-hydrogen) atoms. The third-order valence-electron chi connectivity index (χ3n) is 4.02. The molecule has 0 radical (unpaired) electrons. The number of hydrogen-bond donors (Lipinski definition) is 2. The number of carboxylic acid groups (broad SMARTS) is 1. The van der Waals surface area contributed by atoms with E-state index in [1.807, 2.05) is 18.2 Å². The molecule has 0 saturated heterocycles. The molecule has 0 aliphatic carbocycles. The molecule has 0 bridgehead atoms. The van der Waals surface area contributed by atoms with E-state index in [-0.39, 0.29) is 6.54 Å². The number of carboxylic acids is 1. The first-order valence-electron chi connectivity index (χ1n) is 7.97. The smallest absolute Gasteiger partial charge is 0.346 e. The Bertz CT molecular complexity index is 729. The lowest BCUT2D eigenvalue weighted by atomic mass is 10.1. The molecule has 0 spiro atoms. The number of fused-ring (bicyclic) bond motifs is 1. The van der Waals surface area contributed by atoms with Gasteiger partial charge >= 0.3 is 5.97 Å². The molecule has 1 aliphatic heterocycles. The topological polar surface area (TPSA) is 87.6 Å². The van der Waals surface area contributed by atoms with Gasteiger partial charge in [0.2, 0.25) is 12.1 Å². The number of aliphatic carboxylic acids is 1. The first-order chi connectivity index (χ1) is 11.6. The lowest BCUT2D eigenvalue weighted by molar-refractivity contribution is -0.144. The van der Waals surface area contributed by atoms with Crippen LogP contribution in [-0.4, -0.2) is 46.8 Å². The Balaban J connectivity index is 1.94. The number of ether oxygens (including phenoxy) is 1. The summed E-state index contributed by atoms with van der Waals surface area (Å²) >= 11 is 0. The van der Waals surface area contributed by atoms with E-state index in [1.54, 1.807) is 12.4 Å². The Morgan fingerprint density at radius 1 is 1.33 bits per heavy atom. The molecule has 1 unspecified atom stereocenters. The van der Waals surface area contributed by atoms with E-state index in [0.29, 0.717) is 11.7 Å². The monoisotopic (exact) mass is 328 g/mol. The number of nitrogens with zero attached hydrogens (tertiary/aromatic N) is 3. The molecule has 0 fully saturated rings. The molecule has 1 aromatic carbocycles. The maximum atomic E-state index is 11.2. The first kappa shape index (κ1) is 16.0. The first-order valence-corrected chi connectivity index (χ1v) is 7.97. The summed E-state index contributed by atoms with van der Waals surface area (Å²) in [6, 6.07) is 5.63. The van der Waals surface area contributed by atoms with Gasteiger partial charge in [-0.1, -0.05) is 12.1 Å². The van der Waals surface area contributed by atoms with Crippen LogP contribution in [0, 0.1) is 0 Å². The fraction of sp³-hybridized carbons (Fsp3) is 0.353. The van der Waals surface area contributed by atoms with Crippen LogP contribution in [0.4, 0.5) is 11.6 Å². The normalized spacial score (nSPS) is 15.8. The van der Waals surface area contributed by atoms with Gasteiger partial charge in [0, 0.05) is 36.6 Å². The largest absolute Gasteiger partial charge is 0.478 e. The zero-order chi connectivity index (χ0) is 17.1. The number of aromatic nitrogens is 2. The van der Waals surface area contributed by atoms with Crippen molar-refractivity contribution in [3.63, 3.8) is 0 Å². The molecule has 2 heterocycles. The number of hydrogen-bond acceptors (Lipinski definition) is 6. The average Bonchev–Trinajstić information content (AvgIpc) is 2.62. The number of carbonyl (C=O) groups is 1. The molecule has 1 aromatic heterocycles. The molecule has 2 aromatic rings. The van der Waals surface area contributed by atoms with E-state index < -0.39 is 12.1 Å². The van der Waals surface area contributed by atoms with E-state index in [2.05, 4.69) is 34.0 Å². The second-order valence-electron chi connectivity index (χ2n) is 5.45. The number of rotatable bonds is 5. The van der Waals surface area contributed by atoms with E-state index >= 15 is 0 Å². The van der Waals surface area contributed by atoms with Crippen molar-refractivity contribution in [1.82, 2.24) is 9.97 Å². The highest BCUT2D eigenvalue weighted by Crippen LogP contribution is 2.38. The lowest BCUT2D eigenvalue weighted by Crippen LogP contribution is -2.37. The maximum Gasteiger partial charge on any atom is 0.346 e. The highest BCUT2D eigenvalue weighted by molar-refractivity contribution is 5.82. The zero-order valence-corrected chi connectivity index (χ0v) is 13.7. The van der Waals surface area contributed by atoms with Gasteiger partial charge in [-0.3, -0.25) is 0 Å². The molecular weight excluding hydrogens is 308 g/mol. The summed E-state index contributed by atoms with van der Waals surface area (Å²) in [6.45, 7) is 6.02. The van der Waals surface area contributed by atoms with Crippen LogP contribution in [0.3, 0.4) is 0 Å². The minimum absolute atomic E-state index is 0.239. The minimum atomic E-state index is -0.990. The van der Waals surface area contributed by atoms with Crippen molar-refractivity contribution in [2.75, 3.05) is 29.9 Å². The molecule has 7 heteroatoms. The van der Waals surface area contributed by atoms with Gasteiger partial charge in [-0.15, -0.1) is 0 Å². The van der Waals surface area contributed by atoms with Crippen molar-refractivity contribution < 1.29 is 14.6 Å². The SMILES string of the molecule is CCN(CC)c1ncc(-c2cccc3c2OC(C(=O)O)CN3)cn1. The summed E-state index contributed by atoms with van der Waals surface area (Å²) in [5.74, 6) is 0.211. The number of benzene rings is 1. The quantitative estimate of drug-likeness (QED) is 0.870. The number of anilines is 2. The van der Waals surface area contributed by atoms with Crippen molar-refractivity contribution in [3.8, 4) is 16.9 Å². The standard InChI is InChI=1S/C17H20N4O3/c1-3-21(4-2)17-19-8-11(9-20-17)12-6-5-7-13-15(12)24-14(10-18-13)16(22)23/h5-9,14,18H,3-4,10H2,1-2H3,(H,22,23). The van der Waals surface area contributed by atoms with Crippen LogP contribution in [0.5, 0.6) is 5.75 Å². The summed E-state index contributed by atoms with van der Waals surface area (Å²) in [4.78, 5) is 22.1. The third kappa shape index (κ3) is 2.97. The van der Waals surface area contributed by atoms with Gasteiger partial charge in [0.25, 0.3) is 0 Å². The second-order valence-corrected chi connectivity index (χ2v) is 5.45. The summed E-state index contributed by atoms with van der Waals surface area (Å²) in [5.41, 5.74) is 2.34. The van der Waals surface area contributed by atoms with E-state index in [4.69, 9.17) is 4.74 Å². The van der Waals surface area contributed by atoms with Crippen LogP contribution in [0.2, 0.25) is 0 Å². The van der Waals surface area contributed by atoms with Gasteiger partial charge < -0.3 is 20.1 Å². The van der Waals surface area contributed by atoms with Crippen LogP contribution in [-0.2, 0) is 4.79 Å². The fourth-order valence-corrected chi connectivity index (χ4v) is 2.68. The Kier molecular flexibility index (Phi) is 4.50. The number of para-hydroxylation sites is 1. The Labute approximate surface area is 140 Å². The highest BCUT2D eigenvalue weighted by atomic mass is 16.5. The molecule has 0 amide bonds. The third-order valence-corrected chi connectivity index (χ3v) is 4.02. The van der Waals surface area contributed by atoms with Gasteiger partial charge in [-0.05, 0) is 19.9 Å². The van der Waals surface area contributed by atoms with Crippen molar-refractivity contribution in [3.05, 3.63) is 30.6 Å². The van der Waals surface area contributed by atoms with Crippen molar-refractivity contribution in [1.29, 1.82) is 0 Å². The van der Waals surface area contributed by atoms with Gasteiger partial charge in [0.15, 0.2) is 5.75 Å². The summed E-state index contributed by atoms with van der Waals surface area (Å²) in [6.07, 6.45) is 2.57. The molecule has 7 nitrogen and oxygen atoms in total. The molecule has 1 aliphatic rings. The molecule has 1 atom stereocenters. The molecule has 3 rings (SSSR count).